The molecule has 2 heterocycles. The van der Waals surface area contributed by atoms with Crippen LogP contribution in [0, 0.1) is 13.8 Å². The van der Waals surface area contributed by atoms with Crippen LogP contribution in [0.1, 0.15) is 40.9 Å². The number of benzene rings is 1. The van der Waals surface area contributed by atoms with E-state index in [2.05, 4.69) is 11.9 Å². The van der Waals surface area contributed by atoms with Crippen LogP contribution in [0.3, 0.4) is 0 Å². The van der Waals surface area contributed by atoms with Gasteiger partial charge in [-0.2, -0.15) is 0 Å². The Kier molecular flexibility index (Phi) is 5.57. The Morgan fingerprint density at radius 1 is 1.19 bits per heavy atom. The first-order valence-electron chi connectivity index (χ1n) is 9.10. The predicted octanol–water partition coefficient (Wildman–Crippen LogP) is 3.13. The summed E-state index contributed by atoms with van der Waals surface area (Å²) in [7, 11) is 0. The van der Waals surface area contributed by atoms with Crippen LogP contribution in [0.4, 0.5) is 0 Å². The molecule has 1 aromatic carbocycles. The van der Waals surface area contributed by atoms with E-state index in [0.29, 0.717) is 31.6 Å². The zero-order valence-corrected chi connectivity index (χ0v) is 15.4. The average molecular weight is 354 g/mol. The summed E-state index contributed by atoms with van der Waals surface area (Å²) >= 11 is 0. The molecule has 0 spiro atoms. The number of hydrogen-bond donors (Lipinski definition) is 1. The maximum absolute atomic E-state index is 12.6. The van der Waals surface area contributed by atoms with Crippen molar-refractivity contribution in [2.75, 3.05) is 19.7 Å². The van der Waals surface area contributed by atoms with Gasteiger partial charge in [-0.25, -0.2) is 0 Å². The molecule has 2 aromatic rings. The number of likely N-dealkylation sites (tertiary alicyclic amines) is 1. The van der Waals surface area contributed by atoms with Crippen LogP contribution in [0.2, 0.25) is 0 Å². The number of hydrogen-bond acceptors (Lipinski definition) is 4. The molecular formula is C21H26N2O3. The van der Waals surface area contributed by atoms with Crippen molar-refractivity contribution in [1.29, 1.82) is 0 Å². The second-order valence-electron chi connectivity index (χ2n) is 7.12. The third kappa shape index (κ3) is 4.41. The smallest absolute Gasteiger partial charge is 0.272 e. The molecule has 0 aliphatic carbocycles. The number of aromatic nitrogens is 1. The molecule has 1 fully saturated rings. The Morgan fingerprint density at radius 3 is 2.77 bits per heavy atom. The zero-order chi connectivity index (χ0) is 18.6. The summed E-state index contributed by atoms with van der Waals surface area (Å²) in [5.41, 5.74) is 1.92. The van der Waals surface area contributed by atoms with Crippen molar-refractivity contribution in [1.82, 2.24) is 9.88 Å². The van der Waals surface area contributed by atoms with Crippen molar-refractivity contribution in [3.8, 4) is 5.75 Å². The molecule has 5 nitrogen and oxygen atoms in total. The van der Waals surface area contributed by atoms with Crippen molar-refractivity contribution in [3.05, 3.63) is 59.4 Å². The van der Waals surface area contributed by atoms with E-state index in [1.807, 2.05) is 31.2 Å². The monoisotopic (exact) mass is 354 g/mol. The lowest BCUT2D eigenvalue weighted by molar-refractivity contribution is -0.0163. The molecule has 1 amide bonds. The molecule has 26 heavy (non-hydrogen) atoms. The van der Waals surface area contributed by atoms with Crippen LogP contribution < -0.4 is 4.74 Å². The summed E-state index contributed by atoms with van der Waals surface area (Å²) in [4.78, 5) is 18.5. The van der Waals surface area contributed by atoms with Gasteiger partial charge in [0.15, 0.2) is 0 Å². The topological polar surface area (TPSA) is 62.7 Å². The van der Waals surface area contributed by atoms with Gasteiger partial charge in [0, 0.05) is 19.3 Å². The second kappa shape index (κ2) is 7.87. The van der Waals surface area contributed by atoms with Crippen molar-refractivity contribution in [2.24, 2.45) is 0 Å². The Balaban J connectivity index is 1.59. The SMILES string of the molecule is Cc1ccc(OCC2(O)CCCN(C(=O)c3ccccn3)CC2)cc1C. The van der Waals surface area contributed by atoms with E-state index in [9.17, 15) is 9.90 Å². The minimum atomic E-state index is -0.919. The first-order chi connectivity index (χ1) is 12.5. The highest BCUT2D eigenvalue weighted by atomic mass is 16.5. The van der Waals surface area contributed by atoms with Gasteiger partial charge in [0.25, 0.3) is 5.91 Å². The number of aliphatic hydroxyl groups is 1. The van der Waals surface area contributed by atoms with Crippen molar-refractivity contribution >= 4 is 5.91 Å². The van der Waals surface area contributed by atoms with Gasteiger partial charge in [0.2, 0.25) is 0 Å². The van der Waals surface area contributed by atoms with E-state index in [-0.39, 0.29) is 12.5 Å². The first kappa shape index (κ1) is 18.4. The van der Waals surface area contributed by atoms with Crippen molar-refractivity contribution in [2.45, 2.75) is 38.7 Å². The number of pyridine rings is 1. The Labute approximate surface area is 154 Å². The van der Waals surface area contributed by atoms with Crippen molar-refractivity contribution in [3.63, 3.8) is 0 Å². The fourth-order valence-corrected chi connectivity index (χ4v) is 3.20. The molecular weight excluding hydrogens is 328 g/mol. The summed E-state index contributed by atoms with van der Waals surface area (Å²) in [6.07, 6.45) is 3.48. The number of carbonyl (C=O) groups excluding carboxylic acids is 1. The molecule has 5 heteroatoms. The molecule has 0 bridgehead atoms. The van der Waals surface area contributed by atoms with Crippen LogP contribution in [0.5, 0.6) is 5.75 Å². The summed E-state index contributed by atoms with van der Waals surface area (Å²) in [5, 5.41) is 10.9. The number of amides is 1. The zero-order valence-electron chi connectivity index (χ0n) is 15.4. The van der Waals surface area contributed by atoms with Gasteiger partial charge in [-0.3, -0.25) is 9.78 Å². The van der Waals surface area contributed by atoms with Gasteiger partial charge in [-0.05, 0) is 68.5 Å². The highest BCUT2D eigenvalue weighted by Crippen LogP contribution is 2.25. The Bertz CT molecular complexity index is 763. The minimum Gasteiger partial charge on any atom is -0.491 e. The molecule has 0 radical (unpaired) electrons. The van der Waals surface area contributed by atoms with Gasteiger partial charge in [-0.1, -0.05) is 12.1 Å². The van der Waals surface area contributed by atoms with E-state index in [0.717, 1.165) is 12.2 Å². The summed E-state index contributed by atoms with van der Waals surface area (Å²) < 4.78 is 5.85. The molecule has 1 saturated heterocycles. The maximum atomic E-state index is 12.6. The second-order valence-corrected chi connectivity index (χ2v) is 7.12. The fraction of sp³-hybridized carbons (Fsp3) is 0.429. The number of rotatable bonds is 4. The predicted molar refractivity (Wildman–Crippen MR) is 100 cm³/mol. The molecule has 1 N–H and O–H groups in total. The van der Waals surface area contributed by atoms with Gasteiger partial charge >= 0.3 is 0 Å². The molecule has 1 unspecified atom stereocenters. The highest BCUT2D eigenvalue weighted by molar-refractivity contribution is 5.92. The average Bonchev–Trinajstić information content (AvgIpc) is 2.85. The fourth-order valence-electron chi connectivity index (χ4n) is 3.20. The summed E-state index contributed by atoms with van der Waals surface area (Å²) in [5.74, 6) is 0.692. The summed E-state index contributed by atoms with van der Waals surface area (Å²) in [6, 6.07) is 11.3. The molecule has 3 rings (SSSR count). The van der Waals surface area contributed by atoms with Crippen LogP contribution in [-0.2, 0) is 0 Å². The minimum absolute atomic E-state index is 0.0788. The lowest BCUT2D eigenvalue weighted by Crippen LogP contribution is -2.38. The summed E-state index contributed by atoms with van der Waals surface area (Å²) in [6.45, 7) is 5.47. The number of nitrogens with zero attached hydrogens (tertiary/aromatic N) is 2. The number of carbonyl (C=O) groups is 1. The largest absolute Gasteiger partial charge is 0.491 e. The highest BCUT2D eigenvalue weighted by Gasteiger charge is 2.32. The van der Waals surface area contributed by atoms with Gasteiger partial charge in [0.1, 0.15) is 23.7 Å². The van der Waals surface area contributed by atoms with Crippen LogP contribution in [0.25, 0.3) is 0 Å². The molecule has 1 aliphatic rings. The third-order valence-electron chi connectivity index (χ3n) is 5.07. The quantitative estimate of drug-likeness (QED) is 0.916. The van der Waals surface area contributed by atoms with Gasteiger partial charge in [0.05, 0.1) is 0 Å². The number of aryl methyl sites for hydroxylation is 2. The Morgan fingerprint density at radius 2 is 2.04 bits per heavy atom. The van der Waals surface area contributed by atoms with Crippen LogP contribution >= 0.6 is 0 Å². The third-order valence-corrected chi connectivity index (χ3v) is 5.07. The standard InChI is InChI=1S/C21H26N2O3/c1-16-7-8-18(14-17(16)2)26-15-21(25)9-5-12-23(13-10-21)20(24)19-6-3-4-11-22-19/h3-4,6-8,11,14,25H,5,9-10,12-13,15H2,1-2H3. The van der Waals surface area contributed by atoms with E-state index >= 15 is 0 Å². The molecule has 1 atom stereocenters. The van der Waals surface area contributed by atoms with E-state index in [1.54, 1.807) is 23.2 Å². The van der Waals surface area contributed by atoms with E-state index in [4.69, 9.17) is 4.74 Å². The molecule has 1 aliphatic heterocycles. The van der Waals surface area contributed by atoms with E-state index < -0.39 is 5.60 Å². The lowest BCUT2D eigenvalue weighted by Gasteiger charge is -2.27. The first-order valence-corrected chi connectivity index (χ1v) is 9.10. The lowest BCUT2D eigenvalue weighted by atomic mass is 9.96. The normalized spacial score (nSPS) is 20.5. The van der Waals surface area contributed by atoms with Gasteiger partial charge < -0.3 is 14.7 Å². The van der Waals surface area contributed by atoms with Crippen molar-refractivity contribution < 1.29 is 14.6 Å². The molecule has 1 aromatic heterocycles. The molecule has 138 valence electrons. The van der Waals surface area contributed by atoms with Gasteiger partial charge in [-0.15, -0.1) is 0 Å². The maximum Gasteiger partial charge on any atom is 0.272 e. The number of ether oxygens (including phenoxy) is 1. The van der Waals surface area contributed by atoms with E-state index in [1.165, 1.54) is 11.1 Å². The van der Waals surface area contributed by atoms with Crippen LogP contribution in [-0.4, -0.2) is 46.2 Å². The molecule has 0 saturated carbocycles. The van der Waals surface area contributed by atoms with Crippen LogP contribution in [0.15, 0.2) is 42.6 Å². The Hall–Kier alpha value is -2.40.